The number of nitrogens with one attached hydrogen (secondary N) is 1. The second-order valence-corrected chi connectivity index (χ2v) is 4.34. The van der Waals surface area contributed by atoms with Crippen LogP contribution in [0.5, 0.6) is 5.75 Å². The minimum Gasteiger partial charge on any atom is -0.494 e. The van der Waals surface area contributed by atoms with Gasteiger partial charge in [-0.25, -0.2) is 15.8 Å². The molecule has 110 valence electrons. The molecule has 0 aliphatic heterocycles. The minimum absolute atomic E-state index is 0.0115. The summed E-state index contributed by atoms with van der Waals surface area (Å²) in [7, 11) is 0. The number of nitrogens with zero attached hydrogens (tertiary/aromatic N) is 2. The van der Waals surface area contributed by atoms with Crippen molar-refractivity contribution in [3.63, 3.8) is 0 Å². The van der Waals surface area contributed by atoms with Gasteiger partial charge < -0.3 is 10.5 Å². The van der Waals surface area contributed by atoms with Crippen molar-refractivity contribution >= 4 is 11.9 Å². The number of hydrogen-bond acceptors (Lipinski definition) is 6. The van der Waals surface area contributed by atoms with Gasteiger partial charge in [-0.05, 0) is 36.8 Å². The number of anilines is 1. The van der Waals surface area contributed by atoms with E-state index in [1.807, 2.05) is 36.6 Å². The summed E-state index contributed by atoms with van der Waals surface area (Å²) in [6.07, 6.45) is 0.946. The normalized spacial score (nSPS) is 10.2. The molecule has 2 aromatic rings. The number of rotatable bonds is 5. The van der Waals surface area contributed by atoms with E-state index in [2.05, 4.69) is 9.97 Å². The predicted octanol–water partition coefficient (Wildman–Crippen LogP) is 1.12. The van der Waals surface area contributed by atoms with Crippen LogP contribution in [0.3, 0.4) is 0 Å². The fourth-order valence-electron chi connectivity index (χ4n) is 1.75. The number of carbonyl (C=O) groups is 1. The second-order valence-electron chi connectivity index (χ2n) is 4.34. The lowest BCUT2D eigenvalue weighted by Gasteiger charge is -2.07. The molecule has 0 atom stereocenters. The van der Waals surface area contributed by atoms with E-state index in [0.29, 0.717) is 12.3 Å². The van der Waals surface area contributed by atoms with E-state index in [1.165, 1.54) is 6.07 Å². The highest BCUT2D eigenvalue weighted by molar-refractivity contribution is 5.93. The summed E-state index contributed by atoms with van der Waals surface area (Å²) in [6, 6.07) is 8.90. The molecule has 0 fully saturated rings. The van der Waals surface area contributed by atoms with Crippen LogP contribution in [0.1, 0.15) is 23.8 Å². The van der Waals surface area contributed by atoms with Gasteiger partial charge in [-0.2, -0.15) is 0 Å². The highest BCUT2D eigenvalue weighted by atomic mass is 16.5. The molecule has 0 aliphatic rings. The molecular formula is C14H17N5O2. The van der Waals surface area contributed by atoms with E-state index >= 15 is 0 Å². The molecule has 1 aromatic carbocycles. The molecule has 0 saturated heterocycles. The largest absolute Gasteiger partial charge is 0.494 e. The first-order chi connectivity index (χ1) is 10.1. The van der Waals surface area contributed by atoms with E-state index in [1.54, 1.807) is 0 Å². The lowest BCUT2D eigenvalue weighted by molar-refractivity contribution is 0.0948. The van der Waals surface area contributed by atoms with Crippen molar-refractivity contribution < 1.29 is 9.53 Å². The van der Waals surface area contributed by atoms with Crippen LogP contribution in [0, 0.1) is 0 Å². The van der Waals surface area contributed by atoms with Crippen LogP contribution in [0.15, 0.2) is 30.3 Å². The molecule has 0 spiro atoms. The zero-order chi connectivity index (χ0) is 15.2. The van der Waals surface area contributed by atoms with Crippen molar-refractivity contribution in [1.82, 2.24) is 15.4 Å². The van der Waals surface area contributed by atoms with Gasteiger partial charge in [0.25, 0.3) is 5.91 Å². The lowest BCUT2D eigenvalue weighted by atomic mass is 10.1. The first-order valence-electron chi connectivity index (χ1n) is 6.52. The zero-order valence-electron chi connectivity index (χ0n) is 11.7. The van der Waals surface area contributed by atoms with Crippen molar-refractivity contribution in [2.24, 2.45) is 5.84 Å². The third-order valence-electron chi connectivity index (χ3n) is 2.73. The van der Waals surface area contributed by atoms with Gasteiger partial charge >= 0.3 is 0 Å². The van der Waals surface area contributed by atoms with E-state index in [4.69, 9.17) is 16.3 Å². The number of ether oxygens (including phenoxy) is 1. The SMILES string of the molecule is CCCOc1ccc(-c2cc(C(=O)NN)nc(N)n2)cc1. The Balaban J connectivity index is 2.29. The fraction of sp³-hybridized carbons (Fsp3) is 0.214. The molecule has 21 heavy (non-hydrogen) atoms. The van der Waals surface area contributed by atoms with E-state index in [9.17, 15) is 4.79 Å². The monoisotopic (exact) mass is 287 g/mol. The Morgan fingerprint density at radius 3 is 2.62 bits per heavy atom. The van der Waals surface area contributed by atoms with Crippen LogP contribution in [-0.4, -0.2) is 22.5 Å². The van der Waals surface area contributed by atoms with Crippen molar-refractivity contribution in [1.29, 1.82) is 0 Å². The molecule has 0 bridgehead atoms. The number of benzene rings is 1. The van der Waals surface area contributed by atoms with Crippen molar-refractivity contribution in [2.45, 2.75) is 13.3 Å². The van der Waals surface area contributed by atoms with Gasteiger partial charge in [0.05, 0.1) is 12.3 Å². The highest BCUT2D eigenvalue weighted by Gasteiger charge is 2.10. The Morgan fingerprint density at radius 1 is 1.29 bits per heavy atom. The molecule has 1 aromatic heterocycles. The van der Waals surface area contributed by atoms with Gasteiger partial charge in [-0.1, -0.05) is 6.92 Å². The third-order valence-corrected chi connectivity index (χ3v) is 2.73. The Morgan fingerprint density at radius 2 is 2.00 bits per heavy atom. The maximum Gasteiger partial charge on any atom is 0.283 e. The Labute approximate surface area is 122 Å². The average molecular weight is 287 g/mol. The first-order valence-corrected chi connectivity index (χ1v) is 6.52. The van der Waals surface area contributed by atoms with Crippen LogP contribution in [0.2, 0.25) is 0 Å². The topological polar surface area (TPSA) is 116 Å². The van der Waals surface area contributed by atoms with Gasteiger partial charge in [0, 0.05) is 5.56 Å². The number of amides is 1. The molecule has 0 unspecified atom stereocenters. The second kappa shape index (κ2) is 6.67. The average Bonchev–Trinajstić information content (AvgIpc) is 2.52. The Kier molecular flexibility index (Phi) is 4.68. The summed E-state index contributed by atoms with van der Waals surface area (Å²) in [4.78, 5) is 19.5. The maximum absolute atomic E-state index is 11.5. The molecule has 0 radical (unpaired) electrons. The summed E-state index contributed by atoms with van der Waals surface area (Å²) >= 11 is 0. The number of hydrogen-bond donors (Lipinski definition) is 3. The number of nitrogen functional groups attached to an aromatic ring is 2. The van der Waals surface area contributed by atoms with Crippen molar-refractivity contribution in [2.75, 3.05) is 12.3 Å². The van der Waals surface area contributed by atoms with Crippen molar-refractivity contribution in [3.8, 4) is 17.0 Å². The summed E-state index contributed by atoms with van der Waals surface area (Å²) in [5.41, 5.74) is 9.10. The molecule has 5 N–H and O–H groups in total. The maximum atomic E-state index is 11.5. The number of hydrazine groups is 1. The third kappa shape index (κ3) is 3.67. The number of nitrogens with two attached hydrogens (primary N) is 2. The minimum atomic E-state index is -0.520. The smallest absolute Gasteiger partial charge is 0.283 e. The molecular weight excluding hydrogens is 270 g/mol. The molecule has 7 nitrogen and oxygen atoms in total. The van der Waals surface area contributed by atoms with Crippen LogP contribution in [-0.2, 0) is 0 Å². The number of carbonyl (C=O) groups excluding carboxylic acids is 1. The fourth-order valence-corrected chi connectivity index (χ4v) is 1.75. The molecule has 7 heteroatoms. The van der Waals surface area contributed by atoms with Gasteiger partial charge in [-0.15, -0.1) is 0 Å². The summed E-state index contributed by atoms with van der Waals surface area (Å²) < 4.78 is 5.51. The standard InChI is InChI=1S/C14H17N5O2/c1-2-7-21-10-5-3-9(4-6-10)11-8-12(13(20)19-16)18-14(15)17-11/h3-6,8H,2,7,16H2,1H3,(H,19,20)(H2,15,17,18). The van der Waals surface area contributed by atoms with Gasteiger partial charge in [0.15, 0.2) is 0 Å². The van der Waals surface area contributed by atoms with Crippen LogP contribution in [0.25, 0.3) is 11.3 Å². The molecule has 0 aliphatic carbocycles. The molecule has 1 amide bonds. The van der Waals surface area contributed by atoms with E-state index in [0.717, 1.165) is 17.7 Å². The summed E-state index contributed by atoms with van der Waals surface area (Å²) in [5.74, 6) is 5.36. The van der Waals surface area contributed by atoms with E-state index < -0.39 is 5.91 Å². The quantitative estimate of drug-likeness (QED) is 0.431. The number of aromatic nitrogens is 2. The molecule has 2 rings (SSSR count). The lowest BCUT2D eigenvalue weighted by Crippen LogP contribution is -2.31. The first kappa shape index (κ1) is 14.7. The summed E-state index contributed by atoms with van der Waals surface area (Å²) in [6.45, 7) is 2.71. The highest BCUT2D eigenvalue weighted by Crippen LogP contribution is 2.22. The zero-order valence-corrected chi connectivity index (χ0v) is 11.7. The van der Waals surface area contributed by atoms with Gasteiger partial charge in [-0.3, -0.25) is 10.2 Å². The Bertz CT molecular complexity index is 628. The Hall–Kier alpha value is -2.67. The van der Waals surface area contributed by atoms with Gasteiger partial charge in [0.1, 0.15) is 11.4 Å². The molecule has 0 saturated carbocycles. The molecule has 1 heterocycles. The van der Waals surface area contributed by atoms with Crippen molar-refractivity contribution in [3.05, 3.63) is 36.0 Å². The predicted molar refractivity (Wildman–Crippen MR) is 79.3 cm³/mol. The van der Waals surface area contributed by atoms with Gasteiger partial charge in [0.2, 0.25) is 5.95 Å². The summed E-state index contributed by atoms with van der Waals surface area (Å²) in [5, 5.41) is 0. The van der Waals surface area contributed by atoms with E-state index in [-0.39, 0.29) is 11.6 Å². The van der Waals surface area contributed by atoms with Crippen LogP contribution >= 0.6 is 0 Å². The van der Waals surface area contributed by atoms with Crippen LogP contribution in [0.4, 0.5) is 5.95 Å². The van der Waals surface area contributed by atoms with Crippen LogP contribution < -0.4 is 21.7 Å².